The summed E-state index contributed by atoms with van der Waals surface area (Å²) in [4.78, 5) is 3.85. The number of rotatable bonds is 2. The molecule has 0 unspecified atom stereocenters. The van der Waals surface area contributed by atoms with Gasteiger partial charge in [-0.05, 0) is 26.3 Å². The molecule has 0 aromatic heterocycles. The number of hydrogen-bond donors (Lipinski definition) is 1. The van der Waals surface area contributed by atoms with Crippen LogP contribution in [0.3, 0.4) is 0 Å². The molecular formula is C8H14N2. The van der Waals surface area contributed by atoms with Crippen molar-refractivity contribution in [1.82, 2.24) is 0 Å². The van der Waals surface area contributed by atoms with E-state index < -0.39 is 0 Å². The van der Waals surface area contributed by atoms with Crippen LogP contribution in [0.15, 0.2) is 28.9 Å². The first-order chi connectivity index (χ1) is 4.59. The molecule has 0 aliphatic heterocycles. The highest BCUT2D eigenvalue weighted by Gasteiger charge is 1.94. The average Bonchev–Trinajstić information content (AvgIpc) is 1.87. The molecule has 0 amide bonds. The zero-order chi connectivity index (χ0) is 8.15. The Kier molecular flexibility index (Phi) is 3.47. The maximum Gasteiger partial charge on any atom is 0.126 e. The first-order valence-corrected chi connectivity index (χ1v) is 3.18. The Morgan fingerprint density at radius 1 is 1.40 bits per heavy atom. The number of amidine groups is 1. The van der Waals surface area contributed by atoms with Crippen molar-refractivity contribution in [2.24, 2.45) is 10.7 Å². The molecular weight excluding hydrogens is 124 g/mol. The summed E-state index contributed by atoms with van der Waals surface area (Å²) in [5, 5.41) is 0. The lowest BCUT2D eigenvalue weighted by Gasteiger charge is -2.00. The third kappa shape index (κ3) is 2.49. The SMILES string of the molecule is C=C/N=C(/N)C(C)=C(C)C. The van der Waals surface area contributed by atoms with Gasteiger partial charge in [-0.15, -0.1) is 0 Å². The Balaban J connectivity index is 4.51. The average molecular weight is 138 g/mol. The van der Waals surface area contributed by atoms with Crippen molar-refractivity contribution < 1.29 is 0 Å². The van der Waals surface area contributed by atoms with Crippen molar-refractivity contribution >= 4 is 5.84 Å². The Hall–Kier alpha value is -1.05. The van der Waals surface area contributed by atoms with E-state index in [1.807, 2.05) is 20.8 Å². The van der Waals surface area contributed by atoms with E-state index in [1.54, 1.807) is 0 Å². The highest BCUT2D eigenvalue weighted by molar-refractivity contribution is 5.97. The lowest BCUT2D eigenvalue weighted by Crippen LogP contribution is -2.13. The van der Waals surface area contributed by atoms with E-state index >= 15 is 0 Å². The van der Waals surface area contributed by atoms with Gasteiger partial charge in [0.05, 0.1) is 0 Å². The van der Waals surface area contributed by atoms with E-state index in [2.05, 4.69) is 11.6 Å². The van der Waals surface area contributed by atoms with Gasteiger partial charge in [0, 0.05) is 6.20 Å². The van der Waals surface area contributed by atoms with Gasteiger partial charge in [0.15, 0.2) is 0 Å². The van der Waals surface area contributed by atoms with Crippen molar-refractivity contribution in [1.29, 1.82) is 0 Å². The monoisotopic (exact) mass is 138 g/mol. The Labute approximate surface area is 62.1 Å². The molecule has 0 saturated carbocycles. The second-order valence-electron chi connectivity index (χ2n) is 2.32. The van der Waals surface area contributed by atoms with Crippen molar-refractivity contribution in [2.75, 3.05) is 0 Å². The normalized spacial score (nSPS) is 10.9. The van der Waals surface area contributed by atoms with Crippen molar-refractivity contribution in [3.05, 3.63) is 23.9 Å². The van der Waals surface area contributed by atoms with Crippen LogP contribution in [0.25, 0.3) is 0 Å². The van der Waals surface area contributed by atoms with Gasteiger partial charge in [0.2, 0.25) is 0 Å². The lowest BCUT2D eigenvalue weighted by molar-refractivity contribution is 1.29. The van der Waals surface area contributed by atoms with Crippen LogP contribution in [0.5, 0.6) is 0 Å². The van der Waals surface area contributed by atoms with Crippen molar-refractivity contribution in [3.63, 3.8) is 0 Å². The summed E-state index contributed by atoms with van der Waals surface area (Å²) in [6.07, 6.45) is 1.45. The summed E-state index contributed by atoms with van der Waals surface area (Å²) in [6.45, 7) is 9.40. The fourth-order valence-corrected chi connectivity index (χ4v) is 0.451. The van der Waals surface area contributed by atoms with E-state index in [0.717, 1.165) is 5.57 Å². The molecule has 0 heterocycles. The van der Waals surface area contributed by atoms with E-state index in [4.69, 9.17) is 5.73 Å². The Morgan fingerprint density at radius 2 is 1.90 bits per heavy atom. The molecule has 0 spiro atoms. The molecule has 2 N–H and O–H groups in total. The van der Waals surface area contributed by atoms with Crippen molar-refractivity contribution in [2.45, 2.75) is 20.8 Å². The minimum Gasteiger partial charge on any atom is -0.383 e. The maximum atomic E-state index is 5.55. The standard InChI is InChI=1S/C8H14N2/c1-5-10-8(9)7(4)6(2)3/h5H,1H2,2-4H3,(H2,9,10). The first kappa shape index (κ1) is 8.95. The van der Waals surface area contributed by atoms with Gasteiger partial charge in [-0.25, -0.2) is 4.99 Å². The molecule has 2 nitrogen and oxygen atoms in total. The van der Waals surface area contributed by atoms with E-state index in [-0.39, 0.29) is 0 Å². The number of nitrogens with two attached hydrogens (primary N) is 1. The summed E-state index contributed by atoms with van der Waals surface area (Å²) in [5.41, 5.74) is 7.76. The second-order valence-corrected chi connectivity index (χ2v) is 2.32. The smallest absolute Gasteiger partial charge is 0.126 e. The Bertz CT molecular complexity index is 183. The van der Waals surface area contributed by atoms with Crippen LogP contribution in [-0.2, 0) is 0 Å². The quantitative estimate of drug-likeness (QED) is 0.459. The first-order valence-electron chi connectivity index (χ1n) is 3.18. The van der Waals surface area contributed by atoms with Crippen LogP contribution in [0, 0.1) is 0 Å². The number of allylic oxidation sites excluding steroid dienone is 1. The van der Waals surface area contributed by atoms with Crippen LogP contribution in [-0.4, -0.2) is 5.84 Å². The van der Waals surface area contributed by atoms with Gasteiger partial charge in [0.25, 0.3) is 0 Å². The zero-order valence-electron chi connectivity index (χ0n) is 6.81. The molecule has 56 valence electrons. The van der Waals surface area contributed by atoms with Gasteiger partial charge >= 0.3 is 0 Å². The largest absolute Gasteiger partial charge is 0.383 e. The minimum atomic E-state index is 0.551. The number of nitrogens with zero attached hydrogens (tertiary/aromatic N) is 1. The van der Waals surface area contributed by atoms with Crippen LogP contribution in [0.2, 0.25) is 0 Å². The van der Waals surface area contributed by atoms with E-state index in [1.165, 1.54) is 11.8 Å². The summed E-state index contributed by atoms with van der Waals surface area (Å²) in [7, 11) is 0. The zero-order valence-corrected chi connectivity index (χ0v) is 6.81. The molecule has 0 aliphatic carbocycles. The van der Waals surface area contributed by atoms with E-state index in [9.17, 15) is 0 Å². The molecule has 2 heteroatoms. The van der Waals surface area contributed by atoms with Gasteiger partial charge < -0.3 is 5.73 Å². The fourth-order valence-electron chi connectivity index (χ4n) is 0.451. The topological polar surface area (TPSA) is 38.4 Å². The minimum absolute atomic E-state index is 0.551. The number of aliphatic imine (C=N–C) groups is 1. The highest BCUT2D eigenvalue weighted by Crippen LogP contribution is 2.01. The van der Waals surface area contributed by atoms with Crippen LogP contribution < -0.4 is 5.73 Å². The Morgan fingerprint density at radius 3 is 2.20 bits per heavy atom. The number of hydrogen-bond acceptors (Lipinski definition) is 1. The molecule has 0 rings (SSSR count). The molecule has 0 atom stereocenters. The molecule has 0 bridgehead atoms. The molecule has 10 heavy (non-hydrogen) atoms. The molecule has 0 saturated heterocycles. The predicted molar refractivity (Wildman–Crippen MR) is 45.9 cm³/mol. The van der Waals surface area contributed by atoms with Gasteiger partial charge in [-0.2, -0.15) is 0 Å². The summed E-state index contributed by atoms with van der Waals surface area (Å²) in [6, 6.07) is 0. The molecule has 0 radical (unpaired) electrons. The maximum absolute atomic E-state index is 5.55. The third-order valence-electron chi connectivity index (χ3n) is 1.36. The van der Waals surface area contributed by atoms with Crippen LogP contribution in [0.4, 0.5) is 0 Å². The predicted octanol–water partition coefficient (Wildman–Crippen LogP) is 1.84. The van der Waals surface area contributed by atoms with Gasteiger partial charge in [0.1, 0.15) is 5.84 Å². The van der Waals surface area contributed by atoms with E-state index in [0.29, 0.717) is 5.84 Å². The lowest BCUT2D eigenvalue weighted by atomic mass is 10.2. The molecule has 0 fully saturated rings. The molecule has 0 aromatic carbocycles. The molecule has 0 aliphatic rings. The van der Waals surface area contributed by atoms with Crippen LogP contribution >= 0.6 is 0 Å². The molecule has 0 aromatic rings. The third-order valence-corrected chi connectivity index (χ3v) is 1.36. The van der Waals surface area contributed by atoms with Crippen LogP contribution in [0.1, 0.15) is 20.8 Å². The van der Waals surface area contributed by atoms with Gasteiger partial charge in [-0.3, -0.25) is 0 Å². The summed E-state index contributed by atoms with van der Waals surface area (Å²) in [5.74, 6) is 0.551. The highest BCUT2D eigenvalue weighted by atomic mass is 14.8. The van der Waals surface area contributed by atoms with Crippen molar-refractivity contribution in [3.8, 4) is 0 Å². The second kappa shape index (κ2) is 3.88. The summed E-state index contributed by atoms with van der Waals surface area (Å²) >= 11 is 0. The van der Waals surface area contributed by atoms with Gasteiger partial charge in [-0.1, -0.05) is 12.2 Å². The summed E-state index contributed by atoms with van der Waals surface area (Å²) < 4.78 is 0. The fraction of sp³-hybridized carbons (Fsp3) is 0.375.